The fourth-order valence-electron chi connectivity index (χ4n) is 2.00. The van der Waals surface area contributed by atoms with Gasteiger partial charge in [-0.3, -0.25) is 4.79 Å². The van der Waals surface area contributed by atoms with Gasteiger partial charge in [0.05, 0.1) is 0 Å². The van der Waals surface area contributed by atoms with Crippen LogP contribution in [0.2, 0.25) is 0 Å². The van der Waals surface area contributed by atoms with Crippen molar-refractivity contribution in [3.8, 4) is 5.75 Å². The number of ether oxygens (including phenoxy) is 2. The van der Waals surface area contributed by atoms with Crippen LogP contribution in [0.15, 0.2) is 48.5 Å². The molecule has 0 atom stereocenters. The first-order valence-corrected chi connectivity index (χ1v) is 7.56. The predicted octanol–water partition coefficient (Wildman–Crippen LogP) is 3.94. The van der Waals surface area contributed by atoms with E-state index in [9.17, 15) is 4.79 Å². The molecule has 4 heteroatoms. The van der Waals surface area contributed by atoms with Crippen LogP contribution >= 0.6 is 0 Å². The zero-order chi connectivity index (χ0) is 16.9. The van der Waals surface area contributed by atoms with Gasteiger partial charge in [0.2, 0.25) is 0 Å². The highest BCUT2D eigenvalue weighted by Crippen LogP contribution is 2.24. The maximum Gasteiger partial charge on any atom is 0.256 e. The third-order valence-electron chi connectivity index (χ3n) is 3.73. The normalized spacial score (nSPS) is 11.1. The van der Waals surface area contributed by atoms with Gasteiger partial charge in [-0.2, -0.15) is 0 Å². The van der Waals surface area contributed by atoms with E-state index in [1.54, 1.807) is 13.8 Å². The van der Waals surface area contributed by atoms with Gasteiger partial charge in [-0.05, 0) is 50.1 Å². The molecule has 0 bridgehead atoms. The summed E-state index contributed by atoms with van der Waals surface area (Å²) in [6.45, 7) is 5.93. The Morgan fingerprint density at radius 1 is 1.13 bits per heavy atom. The van der Waals surface area contributed by atoms with E-state index >= 15 is 0 Å². The first-order valence-electron chi connectivity index (χ1n) is 7.56. The second kappa shape index (κ2) is 7.29. The molecule has 2 aromatic carbocycles. The minimum Gasteiger partial charge on any atom is -0.489 e. The number of amides is 1. The summed E-state index contributed by atoms with van der Waals surface area (Å²) in [4.78, 5) is 12.1. The van der Waals surface area contributed by atoms with E-state index in [0.717, 1.165) is 22.6 Å². The quantitative estimate of drug-likeness (QED) is 0.879. The molecule has 4 nitrogen and oxygen atoms in total. The highest BCUT2D eigenvalue weighted by Gasteiger charge is 2.26. The van der Waals surface area contributed by atoms with Gasteiger partial charge in [-0.1, -0.05) is 30.3 Å². The third-order valence-corrected chi connectivity index (χ3v) is 3.73. The van der Waals surface area contributed by atoms with E-state index in [1.807, 2.05) is 55.5 Å². The third kappa shape index (κ3) is 4.57. The van der Waals surface area contributed by atoms with Crippen molar-refractivity contribution < 1.29 is 14.3 Å². The highest BCUT2D eigenvalue weighted by molar-refractivity contribution is 5.96. The molecule has 122 valence electrons. The first-order chi connectivity index (χ1) is 10.9. The van der Waals surface area contributed by atoms with Gasteiger partial charge in [0, 0.05) is 12.8 Å². The summed E-state index contributed by atoms with van der Waals surface area (Å²) in [5, 5.41) is 2.86. The Bertz CT molecular complexity index is 666. The second-order valence-corrected chi connectivity index (χ2v) is 5.92. The molecule has 0 aliphatic heterocycles. The topological polar surface area (TPSA) is 47.6 Å². The molecule has 0 unspecified atom stereocenters. The highest BCUT2D eigenvalue weighted by atomic mass is 16.5. The number of methoxy groups -OCH3 is 1. The van der Waals surface area contributed by atoms with Crippen LogP contribution in [0.1, 0.15) is 25.0 Å². The molecule has 0 heterocycles. The monoisotopic (exact) mass is 313 g/mol. The zero-order valence-corrected chi connectivity index (χ0v) is 14.1. The van der Waals surface area contributed by atoms with Gasteiger partial charge >= 0.3 is 0 Å². The summed E-state index contributed by atoms with van der Waals surface area (Å²) in [7, 11) is 1.52. The number of rotatable bonds is 6. The molecule has 0 saturated heterocycles. The lowest BCUT2D eigenvalue weighted by atomic mass is 10.1. The lowest BCUT2D eigenvalue weighted by molar-refractivity contribution is -0.133. The van der Waals surface area contributed by atoms with Crippen LogP contribution in [-0.2, 0) is 16.1 Å². The Hall–Kier alpha value is -2.33. The number of aryl methyl sites for hydroxylation is 1. The lowest BCUT2D eigenvalue weighted by Crippen LogP contribution is -2.38. The predicted molar refractivity (Wildman–Crippen MR) is 91.7 cm³/mol. The molecule has 0 aromatic heterocycles. The Balaban J connectivity index is 2.02. The summed E-state index contributed by atoms with van der Waals surface area (Å²) in [6, 6.07) is 15.6. The van der Waals surface area contributed by atoms with E-state index in [4.69, 9.17) is 9.47 Å². The van der Waals surface area contributed by atoms with Gasteiger partial charge in [0.1, 0.15) is 18.0 Å². The standard InChI is InChI=1S/C19H23NO3/c1-14-12-16(20-18(21)19(2,3)22-4)10-11-17(14)23-13-15-8-6-5-7-9-15/h5-12H,13H2,1-4H3,(H,20,21). The van der Waals surface area contributed by atoms with Crippen molar-refractivity contribution >= 4 is 11.6 Å². The molecule has 2 aromatic rings. The lowest BCUT2D eigenvalue weighted by Gasteiger charge is -2.22. The molecule has 23 heavy (non-hydrogen) atoms. The number of nitrogens with one attached hydrogen (secondary N) is 1. The van der Waals surface area contributed by atoms with Crippen LogP contribution in [0, 0.1) is 6.92 Å². The summed E-state index contributed by atoms with van der Waals surface area (Å²) in [6.07, 6.45) is 0. The number of benzene rings is 2. The van der Waals surface area contributed by atoms with Crippen molar-refractivity contribution in [3.63, 3.8) is 0 Å². The molecule has 0 spiro atoms. The van der Waals surface area contributed by atoms with Crippen molar-refractivity contribution in [2.45, 2.75) is 33.0 Å². The Labute approximate surface area is 137 Å². The molecule has 2 rings (SSSR count). The van der Waals surface area contributed by atoms with Crippen molar-refractivity contribution in [2.75, 3.05) is 12.4 Å². The zero-order valence-electron chi connectivity index (χ0n) is 14.1. The molecule has 0 radical (unpaired) electrons. The Kier molecular flexibility index (Phi) is 5.40. The van der Waals surface area contributed by atoms with E-state index in [2.05, 4.69) is 5.32 Å². The van der Waals surface area contributed by atoms with Crippen molar-refractivity contribution in [3.05, 3.63) is 59.7 Å². The van der Waals surface area contributed by atoms with Crippen LogP contribution < -0.4 is 10.1 Å². The summed E-state index contributed by atoms with van der Waals surface area (Å²) < 4.78 is 11.0. The Morgan fingerprint density at radius 2 is 1.83 bits per heavy atom. The largest absolute Gasteiger partial charge is 0.489 e. The van der Waals surface area contributed by atoms with E-state index in [0.29, 0.717) is 6.61 Å². The van der Waals surface area contributed by atoms with Crippen molar-refractivity contribution in [1.82, 2.24) is 0 Å². The molecular formula is C19H23NO3. The van der Waals surface area contributed by atoms with Crippen LogP contribution in [0.25, 0.3) is 0 Å². The minimum atomic E-state index is -0.865. The maximum absolute atomic E-state index is 12.1. The van der Waals surface area contributed by atoms with Gasteiger partial charge in [-0.25, -0.2) is 0 Å². The number of carbonyl (C=O) groups is 1. The van der Waals surface area contributed by atoms with E-state index in [1.165, 1.54) is 7.11 Å². The van der Waals surface area contributed by atoms with E-state index in [-0.39, 0.29) is 5.91 Å². The second-order valence-electron chi connectivity index (χ2n) is 5.92. The van der Waals surface area contributed by atoms with Crippen LogP contribution in [0.3, 0.4) is 0 Å². The average Bonchev–Trinajstić information content (AvgIpc) is 2.55. The minimum absolute atomic E-state index is 0.183. The van der Waals surface area contributed by atoms with Gasteiger partial charge in [-0.15, -0.1) is 0 Å². The average molecular weight is 313 g/mol. The fraction of sp³-hybridized carbons (Fsp3) is 0.316. The van der Waals surface area contributed by atoms with Gasteiger partial charge < -0.3 is 14.8 Å². The van der Waals surface area contributed by atoms with Crippen molar-refractivity contribution in [1.29, 1.82) is 0 Å². The molecule has 0 fully saturated rings. The van der Waals surface area contributed by atoms with E-state index < -0.39 is 5.60 Å². The van der Waals surface area contributed by atoms with Gasteiger partial charge in [0.25, 0.3) is 5.91 Å². The molecule has 1 N–H and O–H groups in total. The first kappa shape index (κ1) is 17.0. The number of hydrogen-bond acceptors (Lipinski definition) is 3. The van der Waals surface area contributed by atoms with Crippen molar-refractivity contribution in [2.24, 2.45) is 0 Å². The molecule has 0 saturated carbocycles. The van der Waals surface area contributed by atoms with Crippen LogP contribution in [0.5, 0.6) is 5.75 Å². The molecule has 0 aliphatic rings. The van der Waals surface area contributed by atoms with Crippen LogP contribution in [0.4, 0.5) is 5.69 Å². The fourth-order valence-corrected chi connectivity index (χ4v) is 2.00. The van der Waals surface area contributed by atoms with Gasteiger partial charge in [0.15, 0.2) is 0 Å². The summed E-state index contributed by atoms with van der Waals surface area (Å²) in [5.41, 5.74) is 1.95. The Morgan fingerprint density at radius 3 is 2.43 bits per heavy atom. The summed E-state index contributed by atoms with van der Waals surface area (Å²) >= 11 is 0. The maximum atomic E-state index is 12.1. The molecule has 0 aliphatic carbocycles. The smallest absolute Gasteiger partial charge is 0.256 e. The molecular weight excluding hydrogens is 290 g/mol. The molecule has 1 amide bonds. The number of hydrogen-bond donors (Lipinski definition) is 1. The van der Waals surface area contributed by atoms with Crippen LogP contribution in [-0.4, -0.2) is 18.6 Å². The summed E-state index contributed by atoms with van der Waals surface area (Å²) in [5.74, 6) is 0.621. The number of carbonyl (C=O) groups excluding carboxylic acids is 1. The number of anilines is 1. The SMILES string of the molecule is COC(C)(C)C(=O)Nc1ccc(OCc2ccccc2)c(C)c1.